The summed E-state index contributed by atoms with van der Waals surface area (Å²) in [5, 5.41) is 2.02. The fourth-order valence-corrected chi connectivity index (χ4v) is 2.85. The number of amides is 1. The Kier molecular flexibility index (Phi) is 7.04. The topological polar surface area (TPSA) is 68.7 Å². The Bertz CT molecular complexity index is 692. The number of rotatable bonds is 6. The van der Waals surface area contributed by atoms with E-state index >= 15 is 0 Å². The van der Waals surface area contributed by atoms with E-state index in [9.17, 15) is 9.59 Å². The third-order valence-corrected chi connectivity index (χ3v) is 4.25. The molecular formula is C19H26N2O4S. The van der Waals surface area contributed by atoms with E-state index in [4.69, 9.17) is 9.47 Å². The minimum Gasteiger partial charge on any atom is -0.461 e. The van der Waals surface area contributed by atoms with Gasteiger partial charge >= 0.3 is 12.1 Å². The molecule has 0 spiro atoms. The molecule has 1 aliphatic carbocycles. The van der Waals surface area contributed by atoms with Crippen LogP contribution in [-0.2, 0) is 9.47 Å². The minimum atomic E-state index is -0.609. The Balaban J connectivity index is 2.05. The Labute approximate surface area is 158 Å². The molecule has 0 radical (unpaired) electrons. The van der Waals surface area contributed by atoms with Gasteiger partial charge in [0.1, 0.15) is 5.60 Å². The molecule has 2 rings (SSSR count). The molecule has 0 aliphatic heterocycles. The van der Waals surface area contributed by atoms with Crippen LogP contribution in [0.2, 0.25) is 0 Å². The maximum Gasteiger partial charge on any atom is 0.416 e. The second-order valence-corrected chi connectivity index (χ2v) is 7.90. The van der Waals surface area contributed by atoms with Gasteiger partial charge in [0, 0.05) is 24.3 Å². The molecule has 0 N–H and O–H groups in total. The average molecular weight is 378 g/mol. The molecule has 26 heavy (non-hydrogen) atoms. The third-order valence-electron chi connectivity index (χ3n) is 3.39. The van der Waals surface area contributed by atoms with Gasteiger partial charge in [0.2, 0.25) is 0 Å². The zero-order valence-electron chi connectivity index (χ0n) is 15.8. The molecule has 7 heteroatoms. The van der Waals surface area contributed by atoms with E-state index in [1.807, 2.05) is 20.8 Å². The summed E-state index contributed by atoms with van der Waals surface area (Å²) in [6.07, 6.45) is 3.36. The lowest BCUT2D eigenvalue weighted by Gasteiger charge is -2.25. The number of hydrogen-bond donors (Lipinski definition) is 0. The van der Waals surface area contributed by atoms with Crippen LogP contribution in [0.3, 0.4) is 0 Å². The number of nitrogens with zero attached hydrogens (tertiary/aromatic N) is 2. The van der Waals surface area contributed by atoms with Crippen LogP contribution in [0.5, 0.6) is 0 Å². The number of anilines is 1. The summed E-state index contributed by atoms with van der Waals surface area (Å²) in [4.78, 5) is 30.1. The highest BCUT2D eigenvalue weighted by Crippen LogP contribution is 2.27. The molecule has 0 unspecified atom stereocenters. The molecule has 0 atom stereocenters. The number of hydrogen-bond acceptors (Lipinski definition) is 6. The summed E-state index contributed by atoms with van der Waals surface area (Å²) in [6.45, 7) is 7.90. The Morgan fingerprint density at radius 3 is 2.73 bits per heavy atom. The predicted octanol–water partition coefficient (Wildman–Crippen LogP) is 4.25. The van der Waals surface area contributed by atoms with Crippen LogP contribution in [0.15, 0.2) is 5.38 Å². The number of thiazole rings is 1. The van der Waals surface area contributed by atoms with Crippen molar-refractivity contribution in [2.45, 2.75) is 59.0 Å². The van der Waals surface area contributed by atoms with Crippen LogP contribution < -0.4 is 4.90 Å². The molecule has 0 bridgehead atoms. The maximum absolute atomic E-state index is 12.6. The minimum absolute atomic E-state index is 0.203. The highest BCUT2D eigenvalue weighted by molar-refractivity contribution is 7.14. The highest BCUT2D eigenvalue weighted by Gasteiger charge is 2.26. The number of ether oxygens (including phenoxy) is 2. The normalized spacial score (nSPS) is 13.5. The summed E-state index contributed by atoms with van der Waals surface area (Å²) in [5.41, 5.74) is -0.406. The van der Waals surface area contributed by atoms with E-state index in [0.717, 1.165) is 0 Å². The van der Waals surface area contributed by atoms with Crippen molar-refractivity contribution in [3.63, 3.8) is 0 Å². The van der Waals surface area contributed by atoms with Crippen molar-refractivity contribution < 1.29 is 19.1 Å². The number of unbranched alkanes of at least 4 members (excludes halogenated alkanes) is 1. The molecule has 0 saturated heterocycles. The first-order chi connectivity index (χ1) is 12.3. The average Bonchev–Trinajstić information content (AvgIpc) is 3.24. The summed E-state index contributed by atoms with van der Waals surface area (Å²) in [6, 6.07) is 0. The SMILES string of the molecule is CCOC(=O)c1csc(N(CCCC#CC2CC2)C(=O)OC(C)(C)C)n1. The first-order valence-electron chi connectivity index (χ1n) is 8.91. The third kappa shape index (κ3) is 6.68. The van der Waals surface area contributed by atoms with E-state index in [1.165, 1.54) is 29.1 Å². The Morgan fingerprint density at radius 2 is 2.12 bits per heavy atom. The lowest BCUT2D eigenvalue weighted by molar-refractivity contribution is 0.0516. The zero-order valence-corrected chi connectivity index (χ0v) is 16.6. The fourth-order valence-electron chi connectivity index (χ4n) is 2.04. The molecular weight excluding hydrogens is 352 g/mol. The molecule has 1 aromatic rings. The van der Waals surface area contributed by atoms with Crippen molar-refractivity contribution >= 4 is 28.5 Å². The van der Waals surface area contributed by atoms with Crippen LogP contribution in [0.1, 0.15) is 63.9 Å². The van der Waals surface area contributed by atoms with Gasteiger partial charge in [0.05, 0.1) is 6.61 Å². The van der Waals surface area contributed by atoms with Crippen LogP contribution in [0, 0.1) is 17.8 Å². The number of aromatic nitrogens is 1. The van der Waals surface area contributed by atoms with Gasteiger partial charge in [-0.25, -0.2) is 14.6 Å². The zero-order chi connectivity index (χ0) is 19.2. The maximum atomic E-state index is 12.6. The number of esters is 1. The summed E-state index contributed by atoms with van der Waals surface area (Å²) < 4.78 is 10.4. The largest absolute Gasteiger partial charge is 0.461 e. The van der Waals surface area contributed by atoms with E-state index in [2.05, 4.69) is 16.8 Å². The van der Waals surface area contributed by atoms with Crippen molar-refractivity contribution in [1.29, 1.82) is 0 Å². The molecule has 1 fully saturated rings. The van der Waals surface area contributed by atoms with Crippen molar-refractivity contribution in [2.24, 2.45) is 5.92 Å². The van der Waals surface area contributed by atoms with Crippen molar-refractivity contribution in [3.8, 4) is 11.8 Å². The molecule has 1 aliphatic rings. The van der Waals surface area contributed by atoms with Gasteiger partial charge in [0.25, 0.3) is 0 Å². The molecule has 1 amide bonds. The van der Waals surface area contributed by atoms with Crippen molar-refractivity contribution in [3.05, 3.63) is 11.1 Å². The van der Waals surface area contributed by atoms with Crippen molar-refractivity contribution in [2.75, 3.05) is 18.1 Å². The number of carbonyl (C=O) groups excluding carboxylic acids is 2. The van der Waals surface area contributed by atoms with Gasteiger partial charge in [0.15, 0.2) is 10.8 Å². The lowest BCUT2D eigenvalue weighted by atomic mass is 10.2. The van der Waals surface area contributed by atoms with E-state index < -0.39 is 17.7 Å². The highest BCUT2D eigenvalue weighted by atomic mass is 32.1. The monoisotopic (exact) mass is 378 g/mol. The molecule has 1 heterocycles. The second kappa shape index (κ2) is 9.04. The quantitative estimate of drug-likeness (QED) is 0.420. The Morgan fingerprint density at radius 1 is 1.38 bits per heavy atom. The van der Waals surface area contributed by atoms with Gasteiger partial charge < -0.3 is 9.47 Å². The molecule has 6 nitrogen and oxygen atoms in total. The van der Waals surface area contributed by atoms with Crippen LogP contribution in [0.25, 0.3) is 0 Å². The van der Waals surface area contributed by atoms with Gasteiger partial charge in [-0.1, -0.05) is 5.92 Å². The Hall–Kier alpha value is -2.07. The van der Waals surface area contributed by atoms with Crippen molar-refractivity contribution in [1.82, 2.24) is 4.98 Å². The molecule has 1 aromatic heterocycles. The smallest absolute Gasteiger partial charge is 0.416 e. The first kappa shape index (κ1) is 20.2. The lowest BCUT2D eigenvalue weighted by Crippen LogP contribution is -2.37. The van der Waals surface area contributed by atoms with Crippen LogP contribution >= 0.6 is 11.3 Å². The standard InChI is InChI=1S/C19H26N2O4S/c1-5-24-16(22)15-13-26-17(20-15)21(18(23)25-19(2,3)4)12-8-6-7-9-14-10-11-14/h13-14H,5-6,8,10-12H2,1-4H3. The van der Waals surface area contributed by atoms with Gasteiger partial charge in [-0.2, -0.15) is 0 Å². The molecule has 0 aromatic carbocycles. The van der Waals surface area contributed by atoms with Crippen LogP contribution in [-0.4, -0.2) is 35.8 Å². The van der Waals surface area contributed by atoms with Gasteiger partial charge in [-0.3, -0.25) is 4.90 Å². The molecule has 1 saturated carbocycles. The van der Waals surface area contributed by atoms with E-state index in [-0.39, 0.29) is 12.3 Å². The molecule has 142 valence electrons. The van der Waals surface area contributed by atoms with Gasteiger partial charge in [-0.15, -0.1) is 17.3 Å². The summed E-state index contributed by atoms with van der Waals surface area (Å²) in [5.74, 6) is 6.45. The number of carbonyl (C=O) groups is 2. The van der Waals surface area contributed by atoms with E-state index in [1.54, 1.807) is 12.3 Å². The van der Waals surface area contributed by atoms with Gasteiger partial charge in [-0.05, 0) is 47.0 Å². The fraction of sp³-hybridized carbons (Fsp3) is 0.632. The van der Waals surface area contributed by atoms with E-state index in [0.29, 0.717) is 30.4 Å². The van der Waals surface area contributed by atoms with Crippen LogP contribution in [0.4, 0.5) is 9.93 Å². The first-order valence-corrected chi connectivity index (χ1v) is 9.79. The second-order valence-electron chi connectivity index (χ2n) is 7.07. The summed E-state index contributed by atoms with van der Waals surface area (Å²) in [7, 11) is 0. The summed E-state index contributed by atoms with van der Waals surface area (Å²) >= 11 is 1.22. The predicted molar refractivity (Wildman–Crippen MR) is 101 cm³/mol.